The van der Waals surface area contributed by atoms with Crippen LogP contribution in [0.4, 0.5) is 5.69 Å². The summed E-state index contributed by atoms with van der Waals surface area (Å²) in [6.07, 6.45) is 8.34. The number of aromatic nitrogens is 3. The molecule has 1 fully saturated rings. The van der Waals surface area contributed by atoms with Crippen LogP contribution in [0.3, 0.4) is 0 Å². The Morgan fingerprint density at radius 3 is 2.83 bits per heavy atom. The number of fused-ring (bicyclic) bond motifs is 1. The Morgan fingerprint density at radius 1 is 1.21 bits per heavy atom. The maximum absolute atomic E-state index is 12.4. The zero-order valence-electron chi connectivity index (χ0n) is 17.1. The van der Waals surface area contributed by atoms with Crippen molar-refractivity contribution >= 4 is 28.6 Å². The topological polar surface area (TPSA) is 69.0 Å². The van der Waals surface area contributed by atoms with Crippen molar-refractivity contribution in [3.8, 4) is 0 Å². The summed E-state index contributed by atoms with van der Waals surface area (Å²) in [6, 6.07) is 8.02. The van der Waals surface area contributed by atoms with Crippen molar-refractivity contribution < 1.29 is 9.53 Å². The highest BCUT2D eigenvalue weighted by Crippen LogP contribution is 2.28. The van der Waals surface area contributed by atoms with Gasteiger partial charge in [0.1, 0.15) is 0 Å². The van der Waals surface area contributed by atoms with Gasteiger partial charge in [-0.3, -0.25) is 9.78 Å². The van der Waals surface area contributed by atoms with Gasteiger partial charge in [0.2, 0.25) is 5.91 Å². The lowest BCUT2D eigenvalue weighted by Gasteiger charge is -2.23. The molecule has 0 saturated carbocycles. The van der Waals surface area contributed by atoms with Crippen LogP contribution in [0.5, 0.6) is 0 Å². The Bertz CT molecular complexity index is 1060. The molecule has 3 aromatic rings. The van der Waals surface area contributed by atoms with Crippen LogP contribution in [0.2, 0.25) is 0 Å². The molecule has 0 bridgehead atoms. The summed E-state index contributed by atoms with van der Waals surface area (Å²) in [5.74, 6) is -0.176. The molecule has 1 aliphatic rings. The molecular weight excluding hydrogens is 364 g/mol. The molecule has 150 valence electrons. The van der Waals surface area contributed by atoms with Crippen molar-refractivity contribution in [1.82, 2.24) is 14.8 Å². The highest BCUT2D eigenvalue weighted by atomic mass is 16.5. The Labute approximate surface area is 170 Å². The summed E-state index contributed by atoms with van der Waals surface area (Å²) in [6.45, 7) is 6.64. The van der Waals surface area contributed by atoms with E-state index in [1.54, 1.807) is 12.3 Å². The number of aryl methyl sites for hydroxylation is 3. The molecule has 0 aliphatic carbocycles. The fourth-order valence-corrected chi connectivity index (χ4v) is 3.77. The number of nitrogens with one attached hydrogen (secondary N) is 1. The van der Waals surface area contributed by atoms with Gasteiger partial charge in [-0.15, -0.1) is 0 Å². The first kappa shape index (κ1) is 19.3. The molecule has 1 amide bonds. The molecule has 29 heavy (non-hydrogen) atoms. The molecule has 6 nitrogen and oxygen atoms in total. The molecule has 3 heterocycles. The zero-order valence-corrected chi connectivity index (χ0v) is 17.1. The number of pyridine rings is 1. The van der Waals surface area contributed by atoms with Gasteiger partial charge in [-0.2, -0.15) is 5.10 Å². The normalized spacial score (nSPS) is 17.1. The van der Waals surface area contributed by atoms with Crippen LogP contribution >= 0.6 is 0 Å². The number of amides is 1. The van der Waals surface area contributed by atoms with E-state index in [0.29, 0.717) is 0 Å². The first-order chi connectivity index (χ1) is 14.0. The standard InChI is InChI=1S/C23H26N4O2/c1-15-11-12-24-17(3)23(15)25-21(28)10-8-18-7-9-19-16(2)26-27(20(19)14-18)22-6-4-5-13-29-22/h7-12,14,22H,4-6,13H2,1-3H3,(H,25,28)/b10-8+. The van der Waals surface area contributed by atoms with Gasteiger partial charge in [0.15, 0.2) is 6.23 Å². The molecule has 1 aliphatic heterocycles. The molecule has 1 saturated heterocycles. The minimum atomic E-state index is -0.176. The van der Waals surface area contributed by atoms with Crippen molar-refractivity contribution in [2.45, 2.75) is 46.3 Å². The second kappa shape index (κ2) is 8.17. The van der Waals surface area contributed by atoms with E-state index in [0.717, 1.165) is 65.0 Å². The van der Waals surface area contributed by atoms with Crippen LogP contribution in [0.25, 0.3) is 17.0 Å². The molecule has 0 spiro atoms. The minimum absolute atomic E-state index is 0.0148. The first-order valence-electron chi connectivity index (χ1n) is 10.0. The smallest absolute Gasteiger partial charge is 0.248 e. The van der Waals surface area contributed by atoms with Gasteiger partial charge in [-0.05, 0) is 69.4 Å². The van der Waals surface area contributed by atoms with Crippen molar-refractivity contribution in [3.63, 3.8) is 0 Å². The number of anilines is 1. The van der Waals surface area contributed by atoms with Gasteiger partial charge in [0.25, 0.3) is 0 Å². The van der Waals surface area contributed by atoms with E-state index >= 15 is 0 Å². The summed E-state index contributed by atoms with van der Waals surface area (Å²) in [5, 5.41) is 8.75. The summed E-state index contributed by atoms with van der Waals surface area (Å²) in [7, 11) is 0. The van der Waals surface area contributed by atoms with Gasteiger partial charge in [-0.25, -0.2) is 4.68 Å². The van der Waals surface area contributed by atoms with Gasteiger partial charge in [-0.1, -0.05) is 12.1 Å². The predicted molar refractivity (Wildman–Crippen MR) is 115 cm³/mol. The van der Waals surface area contributed by atoms with E-state index in [1.165, 1.54) is 0 Å². The second-order valence-corrected chi connectivity index (χ2v) is 7.54. The Kier molecular flexibility index (Phi) is 5.45. The minimum Gasteiger partial charge on any atom is -0.356 e. The van der Waals surface area contributed by atoms with Crippen molar-refractivity contribution in [2.75, 3.05) is 11.9 Å². The summed E-state index contributed by atoms with van der Waals surface area (Å²) in [5.41, 5.74) is 5.54. The number of hydrogen-bond acceptors (Lipinski definition) is 4. The lowest BCUT2D eigenvalue weighted by atomic mass is 10.1. The van der Waals surface area contributed by atoms with E-state index in [1.807, 2.05) is 43.7 Å². The third-order valence-electron chi connectivity index (χ3n) is 5.37. The van der Waals surface area contributed by atoms with E-state index in [9.17, 15) is 4.79 Å². The number of rotatable bonds is 4. The Morgan fingerprint density at radius 2 is 2.07 bits per heavy atom. The van der Waals surface area contributed by atoms with Crippen LogP contribution < -0.4 is 5.32 Å². The lowest BCUT2D eigenvalue weighted by Crippen LogP contribution is -2.19. The van der Waals surface area contributed by atoms with Crippen molar-refractivity contribution in [3.05, 3.63) is 59.1 Å². The Balaban J connectivity index is 1.57. The molecule has 0 radical (unpaired) electrons. The number of ether oxygens (including phenoxy) is 1. The molecule has 1 N–H and O–H groups in total. The average Bonchev–Trinajstić information content (AvgIpc) is 3.06. The van der Waals surface area contributed by atoms with Crippen LogP contribution in [0, 0.1) is 20.8 Å². The molecular formula is C23H26N4O2. The van der Waals surface area contributed by atoms with Crippen LogP contribution in [0.15, 0.2) is 36.5 Å². The Hall–Kier alpha value is -2.99. The van der Waals surface area contributed by atoms with Crippen LogP contribution in [-0.4, -0.2) is 27.3 Å². The van der Waals surface area contributed by atoms with E-state index in [2.05, 4.69) is 22.4 Å². The molecule has 6 heteroatoms. The van der Waals surface area contributed by atoms with Crippen LogP contribution in [0.1, 0.15) is 48.0 Å². The van der Waals surface area contributed by atoms with Gasteiger partial charge < -0.3 is 10.1 Å². The van der Waals surface area contributed by atoms with Gasteiger partial charge >= 0.3 is 0 Å². The maximum atomic E-state index is 12.4. The summed E-state index contributed by atoms with van der Waals surface area (Å²) < 4.78 is 7.91. The van der Waals surface area contributed by atoms with E-state index < -0.39 is 0 Å². The number of hydrogen-bond donors (Lipinski definition) is 1. The third-order valence-corrected chi connectivity index (χ3v) is 5.37. The van der Waals surface area contributed by atoms with Crippen LogP contribution in [-0.2, 0) is 9.53 Å². The van der Waals surface area contributed by atoms with Gasteiger partial charge in [0.05, 0.1) is 22.6 Å². The molecule has 1 aromatic carbocycles. The number of nitrogens with zero attached hydrogens (tertiary/aromatic N) is 3. The summed E-state index contributed by atoms with van der Waals surface area (Å²) in [4.78, 5) is 16.7. The molecule has 1 atom stereocenters. The fourth-order valence-electron chi connectivity index (χ4n) is 3.77. The number of carbonyl (C=O) groups excluding carboxylic acids is 1. The predicted octanol–water partition coefficient (Wildman–Crippen LogP) is 4.71. The van der Waals surface area contributed by atoms with Crippen molar-refractivity contribution in [1.29, 1.82) is 0 Å². The average molecular weight is 390 g/mol. The number of benzene rings is 1. The molecule has 4 rings (SSSR count). The highest BCUT2D eigenvalue weighted by Gasteiger charge is 2.20. The fraction of sp³-hybridized carbons (Fsp3) is 0.348. The third kappa shape index (κ3) is 4.07. The SMILES string of the molecule is Cc1ccnc(C)c1NC(=O)/C=C/c1ccc2c(C)nn(C3CCCCO3)c2c1. The van der Waals surface area contributed by atoms with Crippen molar-refractivity contribution in [2.24, 2.45) is 0 Å². The highest BCUT2D eigenvalue weighted by molar-refractivity contribution is 6.02. The zero-order chi connectivity index (χ0) is 20.4. The van der Waals surface area contributed by atoms with E-state index in [4.69, 9.17) is 9.84 Å². The second-order valence-electron chi connectivity index (χ2n) is 7.54. The first-order valence-corrected chi connectivity index (χ1v) is 10.0. The maximum Gasteiger partial charge on any atom is 0.248 e. The van der Waals surface area contributed by atoms with E-state index in [-0.39, 0.29) is 12.1 Å². The molecule has 1 unspecified atom stereocenters. The monoisotopic (exact) mass is 390 g/mol. The summed E-state index contributed by atoms with van der Waals surface area (Å²) >= 11 is 0. The quantitative estimate of drug-likeness (QED) is 0.655. The number of carbonyl (C=O) groups is 1. The van der Waals surface area contributed by atoms with Gasteiger partial charge in [0, 0.05) is 24.3 Å². The molecule has 2 aromatic heterocycles. The largest absolute Gasteiger partial charge is 0.356 e. The lowest BCUT2D eigenvalue weighted by molar-refractivity contribution is -0.111.